The summed E-state index contributed by atoms with van der Waals surface area (Å²) >= 11 is 1.47. The number of aromatic nitrogens is 4. The molecular formula is C18H17N5OS. The number of fused-ring (bicyclic) bond motifs is 1. The Morgan fingerprint density at radius 1 is 1.08 bits per heavy atom. The third-order valence-corrected chi connectivity index (χ3v) is 4.62. The van der Waals surface area contributed by atoms with Gasteiger partial charge in [-0.3, -0.25) is 0 Å². The molecule has 1 N–H and O–H groups in total. The first-order valence-corrected chi connectivity index (χ1v) is 8.84. The second-order valence-corrected chi connectivity index (χ2v) is 6.48. The van der Waals surface area contributed by atoms with Gasteiger partial charge in [0.2, 0.25) is 10.1 Å². The monoisotopic (exact) mass is 351 g/mol. The highest BCUT2D eigenvalue weighted by Gasteiger charge is 2.14. The third kappa shape index (κ3) is 3.06. The molecule has 0 amide bonds. The van der Waals surface area contributed by atoms with E-state index in [9.17, 15) is 0 Å². The molecule has 0 bridgehead atoms. The number of ether oxygens (including phenoxy) is 1. The topological polar surface area (TPSA) is 64.3 Å². The van der Waals surface area contributed by atoms with Crippen LogP contribution in [-0.4, -0.2) is 26.4 Å². The van der Waals surface area contributed by atoms with Crippen molar-refractivity contribution in [1.82, 2.24) is 19.8 Å². The number of nitrogens with zero attached hydrogens (tertiary/aromatic N) is 4. The van der Waals surface area contributed by atoms with Crippen LogP contribution in [0.2, 0.25) is 0 Å². The maximum atomic E-state index is 5.48. The Kier molecular flexibility index (Phi) is 4.07. The lowest BCUT2D eigenvalue weighted by Crippen LogP contribution is -1.95. The molecule has 6 nitrogen and oxygen atoms in total. The van der Waals surface area contributed by atoms with E-state index in [0.717, 1.165) is 27.1 Å². The summed E-state index contributed by atoms with van der Waals surface area (Å²) in [6.45, 7) is 4.68. The Labute approximate surface area is 149 Å². The number of hydrogen-bond donors (Lipinski definition) is 1. The van der Waals surface area contributed by atoms with E-state index in [1.54, 1.807) is 4.52 Å². The van der Waals surface area contributed by atoms with E-state index in [1.807, 2.05) is 49.4 Å². The highest BCUT2D eigenvalue weighted by molar-refractivity contribution is 7.20. The zero-order valence-electron chi connectivity index (χ0n) is 13.9. The Morgan fingerprint density at radius 2 is 1.88 bits per heavy atom. The average Bonchev–Trinajstić information content (AvgIpc) is 3.18. The van der Waals surface area contributed by atoms with Crippen LogP contribution in [0.3, 0.4) is 0 Å². The van der Waals surface area contributed by atoms with Crippen LogP contribution in [0, 0.1) is 6.92 Å². The van der Waals surface area contributed by atoms with Crippen molar-refractivity contribution in [3.63, 3.8) is 0 Å². The second kappa shape index (κ2) is 6.52. The zero-order valence-corrected chi connectivity index (χ0v) is 14.7. The van der Waals surface area contributed by atoms with Crippen molar-refractivity contribution in [2.24, 2.45) is 0 Å². The highest BCUT2D eigenvalue weighted by Crippen LogP contribution is 2.28. The lowest BCUT2D eigenvalue weighted by molar-refractivity contribution is 0.340. The average molecular weight is 351 g/mol. The number of anilines is 2. The van der Waals surface area contributed by atoms with E-state index in [1.165, 1.54) is 16.9 Å². The van der Waals surface area contributed by atoms with Gasteiger partial charge >= 0.3 is 0 Å². The van der Waals surface area contributed by atoms with Crippen LogP contribution < -0.4 is 10.1 Å². The van der Waals surface area contributed by atoms with Gasteiger partial charge in [0.05, 0.1) is 6.61 Å². The first-order valence-electron chi connectivity index (χ1n) is 8.02. The number of benzene rings is 2. The minimum absolute atomic E-state index is 0.647. The van der Waals surface area contributed by atoms with Gasteiger partial charge in [0, 0.05) is 11.3 Å². The zero-order chi connectivity index (χ0) is 17.2. The molecule has 2 aromatic carbocycles. The Bertz CT molecular complexity index is 1010. The van der Waals surface area contributed by atoms with Crippen LogP contribution >= 0.6 is 11.3 Å². The predicted molar refractivity (Wildman–Crippen MR) is 99.7 cm³/mol. The molecule has 25 heavy (non-hydrogen) atoms. The number of hydrogen-bond acceptors (Lipinski definition) is 6. The minimum Gasteiger partial charge on any atom is -0.494 e. The summed E-state index contributed by atoms with van der Waals surface area (Å²) in [4.78, 5) is 0.750. The van der Waals surface area contributed by atoms with Crippen LogP contribution in [0.1, 0.15) is 12.5 Å². The smallest absolute Gasteiger partial charge is 0.236 e. The summed E-state index contributed by atoms with van der Waals surface area (Å²) in [5.74, 6) is 1.55. The van der Waals surface area contributed by atoms with Gasteiger partial charge in [-0.1, -0.05) is 29.5 Å². The van der Waals surface area contributed by atoms with Crippen molar-refractivity contribution in [3.8, 4) is 17.1 Å². The lowest BCUT2D eigenvalue weighted by atomic mass is 10.2. The molecule has 0 unspecified atom stereocenters. The molecule has 0 fully saturated rings. The molecular weight excluding hydrogens is 334 g/mol. The van der Waals surface area contributed by atoms with Gasteiger partial charge in [-0.15, -0.1) is 15.3 Å². The third-order valence-electron chi connectivity index (χ3n) is 3.80. The van der Waals surface area contributed by atoms with Crippen LogP contribution in [0.15, 0.2) is 48.5 Å². The molecule has 0 aliphatic carbocycles. The molecule has 0 saturated heterocycles. The van der Waals surface area contributed by atoms with Crippen molar-refractivity contribution in [3.05, 3.63) is 54.1 Å². The molecule has 0 aliphatic heterocycles. The summed E-state index contributed by atoms with van der Waals surface area (Å²) in [6, 6.07) is 15.9. The molecule has 126 valence electrons. The number of aryl methyl sites for hydroxylation is 1. The van der Waals surface area contributed by atoms with Gasteiger partial charge in [0.1, 0.15) is 5.75 Å². The van der Waals surface area contributed by atoms with E-state index in [2.05, 4.69) is 33.6 Å². The normalized spacial score (nSPS) is 11.0. The van der Waals surface area contributed by atoms with Gasteiger partial charge in [-0.05, 0) is 49.7 Å². The molecule has 0 atom stereocenters. The molecule has 2 heterocycles. The summed E-state index contributed by atoms with van der Waals surface area (Å²) in [5, 5.41) is 17.2. The van der Waals surface area contributed by atoms with Gasteiger partial charge in [0.15, 0.2) is 5.82 Å². The van der Waals surface area contributed by atoms with Crippen LogP contribution in [-0.2, 0) is 0 Å². The van der Waals surface area contributed by atoms with Crippen molar-refractivity contribution in [2.75, 3.05) is 11.9 Å². The van der Waals surface area contributed by atoms with E-state index in [0.29, 0.717) is 12.4 Å². The highest BCUT2D eigenvalue weighted by atomic mass is 32.1. The summed E-state index contributed by atoms with van der Waals surface area (Å²) in [7, 11) is 0. The molecule has 0 radical (unpaired) electrons. The molecule has 4 rings (SSSR count). The molecule has 2 aromatic heterocycles. The summed E-state index contributed by atoms with van der Waals surface area (Å²) < 4.78 is 7.25. The quantitative estimate of drug-likeness (QED) is 0.581. The first kappa shape index (κ1) is 15.6. The Hall–Kier alpha value is -2.93. The maximum Gasteiger partial charge on any atom is 0.236 e. The van der Waals surface area contributed by atoms with Gasteiger partial charge < -0.3 is 10.1 Å². The maximum absolute atomic E-state index is 5.48. The van der Waals surface area contributed by atoms with E-state index in [-0.39, 0.29) is 0 Å². The molecule has 0 aliphatic rings. The summed E-state index contributed by atoms with van der Waals surface area (Å²) in [6.07, 6.45) is 0. The molecule has 0 saturated carbocycles. The first-order chi connectivity index (χ1) is 12.2. The fraction of sp³-hybridized carbons (Fsp3) is 0.167. The fourth-order valence-electron chi connectivity index (χ4n) is 2.54. The van der Waals surface area contributed by atoms with Crippen molar-refractivity contribution in [1.29, 1.82) is 0 Å². The van der Waals surface area contributed by atoms with Crippen molar-refractivity contribution in [2.45, 2.75) is 13.8 Å². The minimum atomic E-state index is 0.647. The van der Waals surface area contributed by atoms with Crippen LogP contribution in [0.4, 0.5) is 10.8 Å². The largest absolute Gasteiger partial charge is 0.494 e. The number of rotatable bonds is 5. The number of nitrogens with one attached hydrogen (secondary N) is 1. The lowest BCUT2D eigenvalue weighted by Gasteiger charge is -2.05. The fourth-order valence-corrected chi connectivity index (χ4v) is 3.29. The van der Waals surface area contributed by atoms with Gasteiger partial charge in [0.25, 0.3) is 0 Å². The van der Waals surface area contributed by atoms with Crippen LogP contribution in [0.5, 0.6) is 5.75 Å². The van der Waals surface area contributed by atoms with Gasteiger partial charge in [-0.2, -0.15) is 4.52 Å². The van der Waals surface area contributed by atoms with Gasteiger partial charge in [-0.25, -0.2) is 0 Å². The Balaban J connectivity index is 1.65. The molecule has 0 spiro atoms. The Morgan fingerprint density at radius 3 is 2.64 bits per heavy atom. The molecule has 4 aromatic rings. The SMILES string of the molecule is CCOc1ccc(-c2nnc3sc(Nc4ccccc4C)nn23)cc1. The predicted octanol–water partition coefficient (Wildman–Crippen LogP) is 4.30. The van der Waals surface area contributed by atoms with E-state index >= 15 is 0 Å². The number of para-hydroxylation sites is 1. The van der Waals surface area contributed by atoms with Crippen LogP contribution in [0.25, 0.3) is 16.3 Å². The van der Waals surface area contributed by atoms with Crippen molar-refractivity contribution < 1.29 is 4.74 Å². The molecule has 7 heteroatoms. The summed E-state index contributed by atoms with van der Waals surface area (Å²) in [5.41, 5.74) is 3.15. The van der Waals surface area contributed by atoms with E-state index in [4.69, 9.17) is 4.74 Å². The standard InChI is InChI=1S/C18H17N5OS/c1-3-24-14-10-8-13(9-11-14)16-20-21-18-23(16)22-17(25-18)19-15-7-5-4-6-12(15)2/h4-11H,3H2,1-2H3,(H,19,22). The van der Waals surface area contributed by atoms with Crippen molar-refractivity contribution >= 4 is 27.1 Å². The van der Waals surface area contributed by atoms with E-state index < -0.39 is 0 Å². The second-order valence-electron chi connectivity index (χ2n) is 5.52.